The summed E-state index contributed by atoms with van der Waals surface area (Å²) >= 11 is 0. The molecule has 8 nitrogen and oxygen atoms in total. The average Bonchev–Trinajstić information content (AvgIpc) is 3.50. The Labute approximate surface area is 229 Å². The van der Waals surface area contributed by atoms with Crippen molar-refractivity contribution in [2.75, 3.05) is 26.9 Å². The number of hydrogen-bond donors (Lipinski definition) is 0. The first-order valence-electron chi connectivity index (χ1n) is 13.6. The van der Waals surface area contributed by atoms with Crippen molar-refractivity contribution in [3.63, 3.8) is 0 Å². The van der Waals surface area contributed by atoms with Crippen LogP contribution in [0, 0.1) is 0 Å². The number of rotatable bonds is 2. The number of aryl methyl sites for hydroxylation is 1. The van der Waals surface area contributed by atoms with E-state index in [1.165, 1.54) is 16.8 Å². The molecule has 0 saturated carbocycles. The van der Waals surface area contributed by atoms with Crippen molar-refractivity contribution in [1.82, 2.24) is 24.1 Å². The van der Waals surface area contributed by atoms with Crippen molar-refractivity contribution >= 4 is 0 Å². The van der Waals surface area contributed by atoms with E-state index in [1.54, 1.807) is 11.8 Å². The summed E-state index contributed by atoms with van der Waals surface area (Å²) in [6.07, 6.45) is 8.35. The van der Waals surface area contributed by atoms with Gasteiger partial charge in [-0.2, -0.15) is 5.10 Å². The zero-order valence-electron chi connectivity index (χ0n) is 25.5. The maximum absolute atomic E-state index is 5.40. The molecule has 5 rings (SSSR count). The summed E-state index contributed by atoms with van der Waals surface area (Å²) in [6.45, 7) is 24.0. The predicted molar refractivity (Wildman–Crippen MR) is 152 cm³/mol. The van der Waals surface area contributed by atoms with E-state index in [0.717, 1.165) is 44.4 Å². The SMILES string of the molecule is CC(C)(C)c1cc2n(c1)CCOC2.CC(C)(C)c1cnn(C2COC2)c1.COc1nn(C)cc1C(C)(C)C. The van der Waals surface area contributed by atoms with Gasteiger partial charge in [0.25, 0.3) is 0 Å². The molecule has 3 aromatic rings. The van der Waals surface area contributed by atoms with E-state index in [1.807, 2.05) is 24.1 Å². The van der Waals surface area contributed by atoms with E-state index in [4.69, 9.17) is 14.2 Å². The molecule has 0 N–H and O–H groups in total. The van der Waals surface area contributed by atoms with Crippen molar-refractivity contribution in [3.05, 3.63) is 53.2 Å². The van der Waals surface area contributed by atoms with Gasteiger partial charge in [0.2, 0.25) is 5.88 Å². The van der Waals surface area contributed by atoms with E-state index in [0.29, 0.717) is 6.04 Å². The molecule has 2 aliphatic rings. The Bertz CT molecular complexity index is 1140. The maximum atomic E-state index is 5.40. The first kappa shape index (κ1) is 30.0. The van der Waals surface area contributed by atoms with Crippen LogP contribution in [0.25, 0.3) is 0 Å². The number of aromatic nitrogens is 5. The van der Waals surface area contributed by atoms with Gasteiger partial charge in [-0.05, 0) is 33.4 Å². The molecule has 0 aliphatic carbocycles. The fourth-order valence-electron chi connectivity index (χ4n) is 4.07. The van der Waals surface area contributed by atoms with Crippen molar-refractivity contribution < 1.29 is 14.2 Å². The molecule has 0 spiro atoms. The lowest BCUT2D eigenvalue weighted by molar-refractivity contribution is -0.0287. The third-order valence-corrected chi connectivity index (χ3v) is 6.84. The lowest BCUT2D eigenvalue weighted by atomic mass is 9.89. The van der Waals surface area contributed by atoms with Gasteiger partial charge < -0.3 is 18.8 Å². The molecule has 0 bridgehead atoms. The highest BCUT2D eigenvalue weighted by atomic mass is 16.5. The van der Waals surface area contributed by atoms with Crippen molar-refractivity contribution in [2.45, 2.75) is 97.8 Å². The second-order valence-corrected chi connectivity index (χ2v) is 13.3. The Hall–Kier alpha value is -2.58. The quantitative estimate of drug-likeness (QED) is 0.422. The third-order valence-electron chi connectivity index (χ3n) is 6.84. The smallest absolute Gasteiger partial charge is 0.236 e. The van der Waals surface area contributed by atoms with Crippen LogP contribution in [0.2, 0.25) is 0 Å². The van der Waals surface area contributed by atoms with Crippen LogP contribution in [0.3, 0.4) is 0 Å². The van der Waals surface area contributed by atoms with Crippen LogP contribution in [-0.4, -0.2) is 51.1 Å². The molecule has 0 aromatic carbocycles. The fourth-order valence-corrected chi connectivity index (χ4v) is 4.07. The van der Waals surface area contributed by atoms with Crippen LogP contribution in [0.1, 0.15) is 90.7 Å². The van der Waals surface area contributed by atoms with E-state index in [-0.39, 0.29) is 16.2 Å². The standard InChI is InChI=1S/C11H17NO.C10H16N2O.C9H16N2O/c1-11(2,3)9-6-10-8-13-5-4-12(10)7-9;1-10(2,3)8-4-11-12(5-8)9-6-13-7-9;1-9(2,3)7-6-11(4)10-8(7)12-5/h6-7H,4-5,8H2,1-3H3;4-5,9H,6-7H2,1-3H3;6H,1-5H3. The summed E-state index contributed by atoms with van der Waals surface area (Å²) in [6, 6.07) is 2.73. The number of hydrogen-bond acceptors (Lipinski definition) is 5. The van der Waals surface area contributed by atoms with Gasteiger partial charge in [-0.1, -0.05) is 62.3 Å². The normalized spacial score (nSPS) is 16.0. The molecule has 0 unspecified atom stereocenters. The summed E-state index contributed by atoms with van der Waals surface area (Å²) in [4.78, 5) is 0. The topological polar surface area (TPSA) is 68.3 Å². The number of methoxy groups -OCH3 is 1. The van der Waals surface area contributed by atoms with Gasteiger partial charge >= 0.3 is 0 Å². The first-order valence-corrected chi connectivity index (χ1v) is 13.6. The van der Waals surface area contributed by atoms with Crippen LogP contribution in [-0.2, 0) is 45.9 Å². The van der Waals surface area contributed by atoms with Crippen LogP contribution < -0.4 is 4.74 Å². The van der Waals surface area contributed by atoms with Crippen LogP contribution in [0.5, 0.6) is 5.88 Å². The molecular formula is C30H49N5O3. The third kappa shape index (κ3) is 7.73. The molecular weight excluding hydrogens is 478 g/mol. The van der Waals surface area contributed by atoms with E-state index < -0.39 is 0 Å². The zero-order valence-corrected chi connectivity index (χ0v) is 25.5. The maximum Gasteiger partial charge on any atom is 0.236 e. The second-order valence-electron chi connectivity index (χ2n) is 13.3. The Morgan fingerprint density at radius 3 is 1.97 bits per heavy atom. The van der Waals surface area contributed by atoms with Crippen molar-refractivity contribution in [1.29, 1.82) is 0 Å². The minimum absolute atomic E-state index is 0.0968. The molecule has 2 aliphatic heterocycles. The highest BCUT2D eigenvalue weighted by molar-refractivity contribution is 5.30. The molecule has 38 heavy (non-hydrogen) atoms. The Balaban J connectivity index is 0.000000158. The molecule has 0 atom stereocenters. The molecule has 5 heterocycles. The summed E-state index contributed by atoms with van der Waals surface area (Å²) in [5.41, 5.74) is 5.71. The summed E-state index contributed by atoms with van der Waals surface area (Å²) in [5, 5.41) is 8.53. The summed E-state index contributed by atoms with van der Waals surface area (Å²) < 4.78 is 21.8. The van der Waals surface area contributed by atoms with Gasteiger partial charge in [-0.3, -0.25) is 9.36 Å². The minimum Gasteiger partial charge on any atom is -0.480 e. The van der Waals surface area contributed by atoms with Crippen LogP contribution >= 0.6 is 0 Å². The van der Waals surface area contributed by atoms with Gasteiger partial charge in [-0.25, -0.2) is 0 Å². The fraction of sp³-hybridized carbons (Fsp3) is 0.667. The van der Waals surface area contributed by atoms with Crippen LogP contribution in [0.4, 0.5) is 0 Å². The summed E-state index contributed by atoms with van der Waals surface area (Å²) in [5.74, 6) is 0.727. The molecule has 1 saturated heterocycles. The zero-order chi connectivity index (χ0) is 28.3. The Morgan fingerprint density at radius 2 is 1.53 bits per heavy atom. The number of nitrogens with zero attached hydrogens (tertiary/aromatic N) is 5. The van der Waals surface area contributed by atoms with E-state index in [9.17, 15) is 0 Å². The summed E-state index contributed by atoms with van der Waals surface area (Å²) in [7, 11) is 3.55. The van der Waals surface area contributed by atoms with Gasteiger partial charge in [0.15, 0.2) is 0 Å². The first-order chi connectivity index (χ1) is 17.6. The monoisotopic (exact) mass is 527 g/mol. The second kappa shape index (κ2) is 11.7. The Kier molecular flexibility index (Phi) is 9.20. The number of fused-ring (bicyclic) bond motifs is 1. The predicted octanol–water partition coefficient (Wildman–Crippen LogP) is 5.79. The molecule has 212 valence electrons. The minimum atomic E-state index is 0.0968. The Morgan fingerprint density at radius 1 is 0.868 bits per heavy atom. The number of ether oxygens (including phenoxy) is 3. The highest BCUT2D eigenvalue weighted by Crippen LogP contribution is 2.29. The van der Waals surface area contributed by atoms with Crippen molar-refractivity contribution in [3.8, 4) is 5.88 Å². The molecule has 3 aromatic heterocycles. The highest BCUT2D eigenvalue weighted by Gasteiger charge is 2.24. The largest absolute Gasteiger partial charge is 0.480 e. The van der Waals surface area contributed by atoms with E-state index in [2.05, 4.69) is 95.5 Å². The molecule has 0 amide bonds. The molecule has 8 heteroatoms. The average molecular weight is 528 g/mol. The van der Waals surface area contributed by atoms with Gasteiger partial charge in [0.1, 0.15) is 0 Å². The van der Waals surface area contributed by atoms with Crippen LogP contribution in [0.15, 0.2) is 30.9 Å². The van der Waals surface area contributed by atoms with Gasteiger partial charge in [-0.15, -0.1) is 5.10 Å². The lowest BCUT2D eigenvalue weighted by Crippen LogP contribution is -2.30. The van der Waals surface area contributed by atoms with Gasteiger partial charge in [0, 0.05) is 43.4 Å². The lowest BCUT2D eigenvalue weighted by Gasteiger charge is -2.26. The van der Waals surface area contributed by atoms with Gasteiger partial charge in [0.05, 0.1) is 45.8 Å². The van der Waals surface area contributed by atoms with Crippen molar-refractivity contribution in [2.24, 2.45) is 7.05 Å². The van der Waals surface area contributed by atoms with E-state index >= 15 is 0 Å². The molecule has 0 radical (unpaired) electrons. The molecule has 1 fully saturated rings.